The smallest absolute Gasteiger partial charge is 0.220 e. The highest BCUT2D eigenvalue weighted by atomic mass is 16.1. The van der Waals surface area contributed by atoms with Gasteiger partial charge < -0.3 is 10.6 Å². The van der Waals surface area contributed by atoms with Crippen LogP contribution in [0.1, 0.15) is 25.7 Å². The minimum Gasteiger partial charge on any atom is -0.368 e. The molecule has 0 atom stereocenters. The molecule has 1 saturated carbocycles. The first kappa shape index (κ1) is 12.8. The Labute approximate surface area is 117 Å². The van der Waals surface area contributed by atoms with Crippen molar-refractivity contribution in [1.82, 2.24) is 15.5 Å². The topological polar surface area (TPSA) is 66.9 Å². The molecule has 0 saturated heterocycles. The van der Waals surface area contributed by atoms with E-state index in [2.05, 4.69) is 20.8 Å². The lowest BCUT2D eigenvalue weighted by Gasteiger charge is -2.07. The second-order valence-corrected chi connectivity index (χ2v) is 5.15. The Balaban J connectivity index is 1.50. The van der Waals surface area contributed by atoms with Crippen LogP contribution >= 0.6 is 0 Å². The van der Waals surface area contributed by atoms with Gasteiger partial charge in [0.2, 0.25) is 5.91 Å². The molecule has 1 aromatic carbocycles. The molecule has 20 heavy (non-hydrogen) atoms. The summed E-state index contributed by atoms with van der Waals surface area (Å²) in [4.78, 5) is 11.6. The highest BCUT2D eigenvalue weighted by Crippen LogP contribution is 2.20. The molecule has 1 fully saturated rings. The van der Waals surface area contributed by atoms with Gasteiger partial charge in [-0.15, -0.1) is 5.10 Å². The number of fused-ring (bicyclic) bond motifs is 1. The molecule has 0 radical (unpaired) electrons. The van der Waals surface area contributed by atoms with Gasteiger partial charge in [-0.1, -0.05) is 24.3 Å². The number of amides is 1. The van der Waals surface area contributed by atoms with Crippen LogP contribution in [0.25, 0.3) is 10.8 Å². The van der Waals surface area contributed by atoms with Gasteiger partial charge in [-0.2, -0.15) is 5.10 Å². The average molecular weight is 270 g/mol. The lowest BCUT2D eigenvalue weighted by atomic mass is 10.2. The number of carbonyl (C=O) groups excluding carboxylic acids is 1. The standard InChI is InChI=1S/C15H18N4O/c20-14(18-12-7-8-12)6-3-9-16-15-13-5-2-1-4-11(13)10-17-19-15/h1-2,4-5,10,12H,3,6-9H2,(H,16,19)(H,18,20). The highest BCUT2D eigenvalue weighted by Gasteiger charge is 2.22. The molecule has 1 aliphatic carbocycles. The largest absolute Gasteiger partial charge is 0.368 e. The molecule has 5 nitrogen and oxygen atoms in total. The van der Waals surface area contributed by atoms with Crippen LogP contribution in [0.15, 0.2) is 30.5 Å². The average Bonchev–Trinajstić information content (AvgIpc) is 3.27. The van der Waals surface area contributed by atoms with Crippen LogP contribution in [-0.4, -0.2) is 28.7 Å². The summed E-state index contributed by atoms with van der Waals surface area (Å²) >= 11 is 0. The van der Waals surface area contributed by atoms with Gasteiger partial charge in [-0.25, -0.2) is 0 Å². The summed E-state index contributed by atoms with van der Waals surface area (Å²) in [6.45, 7) is 0.723. The molecular weight excluding hydrogens is 252 g/mol. The summed E-state index contributed by atoms with van der Waals surface area (Å²) in [6, 6.07) is 8.44. The van der Waals surface area contributed by atoms with E-state index in [4.69, 9.17) is 0 Å². The quantitative estimate of drug-likeness (QED) is 0.789. The lowest BCUT2D eigenvalue weighted by molar-refractivity contribution is -0.121. The third-order valence-corrected chi connectivity index (χ3v) is 3.39. The van der Waals surface area contributed by atoms with Crippen molar-refractivity contribution >= 4 is 22.5 Å². The van der Waals surface area contributed by atoms with Crippen LogP contribution < -0.4 is 10.6 Å². The van der Waals surface area contributed by atoms with Gasteiger partial charge in [0.25, 0.3) is 0 Å². The zero-order valence-electron chi connectivity index (χ0n) is 11.3. The summed E-state index contributed by atoms with van der Waals surface area (Å²) in [5, 5.41) is 16.5. The van der Waals surface area contributed by atoms with E-state index in [0.717, 1.165) is 42.4 Å². The Morgan fingerprint density at radius 1 is 1.30 bits per heavy atom. The summed E-state index contributed by atoms with van der Waals surface area (Å²) in [7, 11) is 0. The van der Waals surface area contributed by atoms with Gasteiger partial charge in [0.1, 0.15) is 0 Å². The molecule has 0 unspecified atom stereocenters. The minimum absolute atomic E-state index is 0.151. The summed E-state index contributed by atoms with van der Waals surface area (Å²) in [6.07, 6.45) is 5.37. The van der Waals surface area contributed by atoms with Crippen molar-refractivity contribution < 1.29 is 4.79 Å². The maximum absolute atomic E-state index is 11.6. The first-order chi connectivity index (χ1) is 9.83. The van der Waals surface area contributed by atoms with Crippen molar-refractivity contribution in [3.63, 3.8) is 0 Å². The first-order valence-electron chi connectivity index (χ1n) is 7.06. The maximum Gasteiger partial charge on any atom is 0.220 e. The van der Waals surface area contributed by atoms with E-state index in [-0.39, 0.29) is 5.91 Å². The van der Waals surface area contributed by atoms with Crippen LogP contribution in [-0.2, 0) is 4.79 Å². The molecule has 104 valence electrons. The van der Waals surface area contributed by atoms with E-state index in [0.29, 0.717) is 12.5 Å². The van der Waals surface area contributed by atoms with Crippen LogP contribution in [0.5, 0.6) is 0 Å². The van der Waals surface area contributed by atoms with Crippen LogP contribution in [0, 0.1) is 0 Å². The lowest BCUT2D eigenvalue weighted by Crippen LogP contribution is -2.25. The van der Waals surface area contributed by atoms with Crippen LogP contribution in [0.3, 0.4) is 0 Å². The SMILES string of the molecule is O=C(CCCNc1nncc2ccccc12)NC1CC1. The second-order valence-electron chi connectivity index (χ2n) is 5.15. The van der Waals surface area contributed by atoms with Gasteiger partial charge in [-0.05, 0) is 19.3 Å². The van der Waals surface area contributed by atoms with Crippen molar-refractivity contribution in [2.24, 2.45) is 0 Å². The molecule has 3 rings (SSSR count). The van der Waals surface area contributed by atoms with E-state index in [1.54, 1.807) is 6.20 Å². The summed E-state index contributed by atoms with van der Waals surface area (Å²) < 4.78 is 0. The minimum atomic E-state index is 0.151. The molecule has 0 aliphatic heterocycles. The number of hydrogen-bond acceptors (Lipinski definition) is 4. The second kappa shape index (κ2) is 5.86. The van der Waals surface area contributed by atoms with Gasteiger partial charge in [0.05, 0.1) is 6.20 Å². The number of anilines is 1. The number of aromatic nitrogens is 2. The van der Waals surface area contributed by atoms with E-state index in [1.807, 2.05) is 24.3 Å². The summed E-state index contributed by atoms with van der Waals surface area (Å²) in [5.41, 5.74) is 0. The Morgan fingerprint density at radius 2 is 2.15 bits per heavy atom. The third kappa shape index (κ3) is 3.23. The predicted octanol–water partition coefficient (Wildman–Crippen LogP) is 2.10. The molecule has 2 aromatic rings. The summed E-state index contributed by atoms with van der Waals surface area (Å²) in [5.74, 6) is 0.934. The molecular formula is C15H18N4O. The van der Waals surface area contributed by atoms with Crippen molar-refractivity contribution in [1.29, 1.82) is 0 Å². The van der Waals surface area contributed by atoms with Crippen LogP contribution in [0.2, 0.25) is 0 Å². The number of nitrogens with zero attached hydrogens (tertiary/aromatic N) is 2. The first-order valence-corrected chi connectivity index (χ1v) is 7.06. The van der Waals surface area contributed by atoms with Crippen molar-refractivity contribution in [2.45, 2.75) is 31.7 Å². The Morgan fingerprint density at radius 3 is 3.00 bits per heavy atom. The molecule has 0 spiro atoms. The number of rotatable bonds is 6. The number of benzene rings is 1. The van der Waals surface area contributed by atoms with Gasteiger partial charge in [-0.3, -0.25) is 4.79 Å². The fourth-order valence-electron chi connectivity index (χ4n) is 2.14. The zero-order valence-corrected chi connectivity index (χ0v) is 11.3. The molecule has 1 amide bonds. The van der Waals surface area contributed by atoms with Gasteiger partial charge in [0.15, 0.2) is 5.82 Å². The van der Waals surface area contributed by atoms with Gasteiger partial charge in [0, 0.05) is 29.8 Å². The monoisotopic (exact) mass is 270 g/mol. The van der Waals surface area contributed by atoms with Gasteiger partial charge >= 0.3 is 0 Å². The normalized spacial score (nSPS) is 14.2. The van der Waals surface area contributed by atoms with Crippen molar-refractivity contribution in [3.05, 3.63) is 30.5 Å². The maximum atomic E-state index is 11.6. The Bertz CT molecular complexity index is 604. The highest BCUT2D eigenvalue weighted by molar-refractivity contribution is 5.90. The fourth-order valence-corrected chi connectivity index (χ4v) is 2.14. The zero-order chi connectivity index (χ0) is 13.8. The third-order valence-electron chi connectivity index (χ3n) is 3.39. The van der Waals surface area contributed by atoms with Crippen molar-refractivity contribution in [2.75, 3.05) is 11.9 Å². The van der Waals surface area contributed by atoms with Crippen molar-refractivity contribution in [3.8, 4) is 0 Å². The number of hydrogen-bond donors (Lipinski definition) is 2. The van der Waals surface area contributed by atoms with E-state index in [1.165, 1.54) is 0 Å². The molecule has 2 N–H and O–H groups in total. The molecule has 1 aromatic heterocycles. The Kier molecular flexibility index (Phi) is 3.76. The van der Waals surface area contributed by atoms with Crippen LogP contribution in [0.4, 0.5) is 5.82 Å². The van der Waals surface area contributed by atoms with E-state index in [9.17, 15) is 4.79 Å². The predicted molar refractivity (Wildman–Crippen MR) is 78.4 cm³/mol. The van der Waals surface area contributed by atoms with E-state index >= 15 is 0 Å². The van der Waals surface area contributed by atoms with E-state index < -0.39 is 0 Å². The fraction of sp³-hybridized carbons (Fsp3) is 0.400. The molecule has 5 heteroatoms. The Hall–Kier alpha value is -2.17. The molecule has 1 aliphatic rings. The number of carbonyl (C=O) groups is 1. The molecule has 1 heterocycles. The number of nitrogens with one attached hydrogen (secondary N) is 2. The molecule has 0 bridgehead atoms.